The van der Waals surface area contributed by atoms with Crippen molar-refractivity contribution in [1.82, 2.24) is 15.3 Å². The number of ether oxygens (including phenoxy) is 1. The smallest absolute Gasteiger partial charge is 0.465 e. The molecular formula is C14H16F3N3O3. The number of halogens is 3. The number of rotatable bonds is 4. The van der Waals surface area contributed by atoms with Gasteiger partial charge in [0.1, 0.15) is 5.82 Å². The van der Waals surface area contributed by atoms with Gasteiger partial charge in [0.25, 0.3) is 0 Å². The van der Waals surface area contributed by atoms with Crippen LogP contribution >= 0.6 is 0 Å². The van der Waals surface area contributed by atoms with E-state index in [9.17, 15) is 18.0 Å². The number of imidazole rings is 1. The zero-order valence-corrected chi connectivity index (χ0v) is 12.1. The van der Waals surface area contributed by atoms with Gasteiger partial charge in [-0.15, -0.1) is 13.2 Å². The molecule has 4 aliphatic carbocycles. The van der Waals surface area contributed by atoms with E-state index in [4.69, 9.17) is 5.11 Å². The summed E-state index contributed by atoms with van der Waals surface area (Å²) in [4.78, 5) is 18.3. The molecule has 23 heavy (non-hydrogen) atoms. The van der Waals surface area contributed by atoms with Crippen LogP contribution < -0.4 is 5.32 Å². The fourth-order valence-electron chi connectivity index (χ4n) is 4.32. The number of alkyl halides is 3. The molecule has 9 heteroatoms. The van der Waals surface area contributed by atoms with E-state index in [2.05, 4.69) is 20.0 Å². The Kier molecular flexibility index (Phi) is 2.83. The molecule has 6 nitrogen and oxygen atoms in total. The molecule has 5 rings (SSSR count). The van der Waals surface area contributed by atoms with Crippen LogP contribution in [0.4, 0.5) is 18.0 Å². The van der Waals surface area contributed by atoms with Crippen LogP contribution in [0.2, 0.25) is 0 Å². The van der Waals surface area contributed by atoms with Gasteiger partial charge in [0.05, 0.1) is 6.10 Å². The van der Waals surface area contributed by atoms with Crippen LogP contribution in [0.1, 0.15) is 49.5 Å². The van der Waals surface area contributed by atoms with Crippen molar-refractivity contribution in [1.29, 1.82) is 0 Å². The Labute approximate surface area is 129 Å². The monoisotopic (exact) mass is 331 g/mol. The van der Waals surface area contributed by atoms with E-state index in [1.54, 1.807) is 6.20 Å². The Hall–Kier alpha value is -1.77. The van der Waals surface area contributed by atoms with Gasteiger partial charge in [-0.25, -0.2) is 9.78 Å². The first kappa shape index (κ1) is 14.8. The molecule has 0 spiro atoms. The molecule has 0 saturated heterocycles. The maximum atomic E-state index is 12.1. The number of amides is 1. The molecular weight excluding hydrogens is 315 g/mol. The Morgan fingerprint density at radius 2 is 2.04 bits per heavy atom. The third kappa shape index (κ3) is 2.37. The summed E-state index contributed by atoms with van der Waals surface area (Å²) in [5, 5.41) is 11.3. The molecule has 0 radical (unpaired) electrons. The van der Waals surface area contributed by atoms with E-state index in [0.29, 0.717) is 12.8 Å². The van der Waals surface area contributed by atoms with E-state index in [1.165, 1.54) is 0 Å². The molecule has 0 atom stereocenters. The van der Waals surface area contributed by atoms with Crippen molar-refractivity contribution >= 4 is 6.09 Å². The number of carboxylic acid groups (broad SMARTS) is 1. The molecule has 4 saturated carbocycles. The van der Waals surface area contributed by atoms with E-state index < -0.39 is 18.6 Å². The summed E-state index contributed by atoms with van der Waals surface area (Å²) >= 11 is 0. The van der Waals surface area contributed by atoms with E-state index in [1.807, 2.05) is 0 Å². The standard InChI is InChI=1S/C14H16F3N3O3/c15-14(16,17)23-8-1-7(2-8)9-3-18-10(19-9)12-4-13(5-12,6-12)20-11(21)22/h3,7-8,20H,1-2,4-6H2,(H,18,19)(H,21,22)/t7-,8+,12?,13?. The molecule has 126 valence electrons. The maximum Gasteiger partial charge on any atom is 0.522 e. The zero-order chi connectivity index (χ0) is 16.5. The Morgan fingerprint density at radius 1 is 1.39 bits per heavy atom. The molecule has 1 aromatic rings. The molecule has 1 heterocycles. The van der Waals surface area contributed by atoms with Crippen molar-refractivity contribution < 1.29 is 27.8 Å². The zero-order valence-electron chi connectivity index (χ0n) is 12.1. The highest BCUT2D eigenvalue weighted by atomic mass is 19.4. The Balaban J connectivity index is 1.33. The molecule has 4 aliphatic rings. The minimum absolute atomic E-state index is 0.0158. The van der Waals surface area contributed by atoms with Crippen LogP contribution in [0.5, 0.6) is 0 Å². The predicted molar refractivity (Wildman–Crippen MR) is 70.9 cm³/mol. The van der Waals surface area contributed by atoms with Gasteiger partial charge >= 0.3 is 12.5 Å². The third-order valence-electron chi connectivity index (χ3n) is 5.34. The molecule has 1 aromatic heterocycles. The quantitative estimate of drug-likeness (QED) is 0.791. The van der Waals surface area contributed by atoms with Crippen molar-refractivity contribution in [2.24, 2.45) is 0 Å². The van der Waals surface area contributed by atoms with Gasteiger partial charge in [0.2, 0.25) is 0 Å². The Bertz CT molecular complexity index is 631. The maximum absolute atomic E-state index is 12.1. The number of hydrogen-bond donors (Lipinski definition) is 3. The van der Waals surface area contributed by atoms with Crippen LogP contribution in [0.25, 0.3) is 0 Å². The molecule has 0 unspecified atom stereocenters. The van der Waals surface area contributed by atoms with Gasteiger partial charge < -0.3 is 15.4 Å². The predicted octanol–water partition coefficient (Wildman–Crippen LogP) is 2.63. The van der Waals surface area contributed by atoms with Gasteiger partial charge in [-0.1, -0.05) is 0 Å². The van der Waals surface area contributed by atoms with Crippen molar-refractivity contribution in [2.75, 3.05) is 0 Å². The van der Waals surface area contributed by atoms with Crippen LogP contribution in [-0.4, -0.2) is 39.2 Å². The highest BCUT2D eigenvalue weighted by Gasteiger charge is 2.70. The van der Waals surface area contributed by atoms with Gasteiger partial charge in [-0.3, -0.25) is 4.74 Å². The van der Waals surface area contributed by atoms with E-state index in [0.717, 1.165) is 30.8 Å². The summed E-state index contributed by atoms with van der Waals surface area (Å²) < 4.78 is 40.3. The molecule has 0 aromatic carbocycles. The fourth-order valence-corrected chi connectivity index (χ4v) is 4.32. The number of nitrogens with one attached hydrogen (secondary N) is 2. The highest BCUT2D eigenvalue weighted by molar-refractivity contribution is 5.67. The van der Waals surface area contributed by atoms with Gasteiger partial charge in [-0.2, -0.15) is 0 Å². The summed E-state index contributed by atoms with van der Waals surface area (Å²) in [5.41, 5.74) is 0.444. The SMILES string of the molecule is O=C(O)NC12CC(c3ncc([C@H]4C[C@@H](OC(F)(F)F)C4)[nH]3)(C1)C2. The average Bonchev–Trinajstić information content (AvgIpc) is 2.73. The number of aromatic amines is 1. The third-order valence-corrected chi connectivity index (χ3v) is 5.34. The first-order chi connectivity index (χ1) is 10.7. The van der Waals surface area contributed by atoms with Crippen LogP contribution in [0, 0.1) is 0 Å². The van der Waals surface area contributed by atoms with Crippen LogP contribution in [-0.2, 0) is 10.2 Å². The van der Waals surface area contributed by atoms with Gasteiger partial charge in [0, 0.05) is 28.8 Å². The second-order valence-corrected chi connectivity index (χ2v) is 7.06. The topological polar surface area (TPSA) is 87.2 Å². The summed E-state index contributed by atoms with van der Waals surface area (Å²) in [6.45, 7) is 0. The Morgan fingerprint density at radius 3 is 2.61 bits per heavy atom. The summed E-state index contributed by atoms with van der Waals surface area (Å²) in [6.07, 6.45) is -1.84. The van der Waals surface area contributed by atoms with E-state index in [-0.39, 0.29) is 16.9 Å². The second kappa shape index (κ2) is 4.40. The summed E-state index contributed by atoms with van der Waals surface area (Å²) in [6, 6.07) is 0. The lowest BCUT2D eigenvalue weighted by Crippen LogP contribution is -2.76. The fraction of sp³-hybridized carbons (Fsp3) is 0.714. The van der Waals surface area contributed by atoms with Crippen molar-refractivity contribution in [3.63, 3.8) is 0 Å². The molecule has 1 amide bonds. The van der Waals surface area contributed by atoms with Crippen LogP contribution in [0.3, 0.4) is 0 Å². The number of hydrogen-bond acceptors (Lipinski definition) is 3. The first-order valence-corrected chi connectivity index (χ1v) is 7.50. The van der Waals surface area contributed by atoms with E-state index >= 15 is 0 Å². The van der Waals surface area contributed by atoms with Crippen molar-refractivity contribution in [2.45, 2.75) is 61.4 Å². The summed E-state index contributed by atoms with van der Waals surface area (Å²) in [7, 11) is 0. The van der Waals surface area contributed by atoms with Gasteiger partial charge in [0.15, 0.2) is 0 Å². The lowest BCUT2D eigenvalue weighted by molar-refractivity contribution is -0.351. The highest BCUT2D eigenvalue weighted by Crippen LogP contribution is 2.67. The number of aromatic nitrogens is 2. The normalized spacial score (nSPS) is 38.2. The molecule has 3 N–H and O–H groups in total. The number of carbonyl (C=O) groups is 1. The number of nitrogens with zero attached hydrogens (tertiary/aromatic N) is 1. The lowest BCUT2D eigenvalue weighted by Gasteiger charge is -2.69. The van der Waals surface area contributed by atoms with Crippen LogP contribution in [0.15, 0.2) is 6.20 Å². The average molecular weight is 331 g/mol. The number of H-pyrrole nitrogens is 1. The summed E-state index contributed by atoms with van der Waals surface area (Å²) in [5.74, 6) is 0.837. The minimum atomic E-state index is -4.58. The molecule has 4 fully saturated rings. The van der Waals surface area contributed by atoms with Crippen molar-refractivity contribution in [3.8, 4) is 0 Å². The van der Waals surface area contributed by atoms with Gasteiger partial charge in [-0.05, 0) is 32.1 Å². The molecule has 2 bridgehead atoms. The lowest BCUT2D eigenvalue weighted by atomic mass is 9.39. The first-order valence-electron chi connectivity index (χ1n) is 7.50. The second-order valence-electron chi connectivity index (χ2n) is 7.06. The van der Waals surface area contributed by atoms with Crippen molar-refractivity contribution in [3.05, 3.63) is 17.7 Å². The minimum Gasteiger partial charge on any atom is -0.465 e. The largest absolute Gasteiger partial charge is 0.522 e. The molecule has 0 aliphatic heterocycles.